The summed E-state index contributed by atoms with van der Waals surface area (Å²) in [5, 5.41) is 12.2. The van der Waals surface area contributed by atoms with Gasteiger partial charge in [-0.2, -0.15) is 0 Å². The molecule has 0 bridgehead atoms. The van der Waals surface area contributed by atoms with Gasteiger partial charge in [0.1, 0.15) is 0 Å². The van der Waals surface area contributed by atoms with E-state index in [-0.39, 0.29) is 0 Å². The zero-order valence-corrected chi connectivity index (χ0v) is 16.0. The minimum atomic E-state index is 0.935. The SMILES string of the molecule is Cc1nc(CN2CCN(c3ccc(-c4ccccc4C)nn3)CC2)cs1. The summed E-state index contributed by atoms with van der Waals surface area (Å²) in [7, 11) is 0. The minimum Gasteiger partial charge on any atom is -0.353 e. The van der Waals surface area contributed by atoms with E-state index in [1.165, 1.54) is 11.3 Å². The molecule has 0 spiro atoms. The maximum absolute atomic E-state index is 4.57. The second-order valence-electron chi connectivity index (χ2n) is 6.71. The van der Waals surface area contributed by atoms with Gasteiger partial charge in [0.15, 0.2) is 5.82 Å². The highest BCUT2D eigenvalue weighted by atomic mass is 32.1. The second kappa shape index (κ2) is 7.51. The summed E-state index contributed by atoms with van der Waals surface area (Å²) >= 11 is 1.72. The zero-order valence-electron chi connectivity index (χ0n) is 15.2. The number of thiazole rings is 1. The molecule has 5 nitrogen and oxygen atoms in total. The Balaban J connectivity index is 1.38. The molecular formula is C20H23N5S. The van der Waals surface area contributed by atoms with Crippen LogP contribution in [0.3, 0.4) is 0 Å². The predicted octanol–water partition coefficient (Wildman–Crippen LogP) is 3.54. The maximum atomic E-state index is 4.57. The molecular weight excluding hydrogens is 342 g/mol. The van der Waals surface area contributed by atoms with Gasteiger partial charge in [-0.1, -0.05) is 24.3 Å². The van der Waals surface area contributed by atoms with Gasteiger partial charge in [-0.25, -0.2) is 4.98 Å². The van der Waals surface area contributed by atoms with Gasteiger partial charge in [0.25, 0.3) is 0 Å². The molecule has 0 unspecified atom stereocenters. The van der Waals surface area contributed by atoms with E-state index in [0.29, 0.717) is 0 Å². The molecule has 0 aliphatic carbocycles. The minimum absolute atomic E-state index is 0.935. The number of hydrogen-bond donors (Lipinski definition) is 0. The summed E-state index contributed by atoms with van der Waals surface area (Å²) in [4.78, 5) is 9.34. The number of hydrogen-bond acceptors (Lipinski definition) is 6. The van der Waals surface area contributed by atoms with Crippen molar-refractivity contribution in [3.8, 4) is 11.3 Å². The summed E-state index contributed by atoms with van der Waals surface area (Å²) in [6.07, 6.45) is 0. The van der Waals surface area contributed by atoms with Crippen molar-refractivity contribution in [2.75, 3.05) is 31.1 Å². The van der Waals surface area contributed by atoms with E-state index < -0.39 is 0 Å². The molecule has 4 rings (SSSR count). The van der Waals surface area contributed by atoms with Crippen LogP contribution >= 0.6 is 11.3 Å². The molecule has 3 heterocycles. The molecule has 0 saturated carbocycles. The molecule has 0 atom stereocenters. The Morgan fingerprint density at radius 1 is 0.962 bits per heavy atom. The third kappa shape index (κ3) is 3.76. The third-order valence-corrected chi connectivity index (χ3v) is 5.64. The fraction of sp³-hybridized carbons (Fsp3) is 0.350. The van der Waals surface area contributed by atoms with Crippen molar-refractivity contribution in [3.63, 3.8) is 0 Å². The molecule has 0 radical (unpaired) electrons. The number of anilines is 1. The van der Waals surface area contributed by atoms with E-state index in [1.54, 1.807) is 11.3 Å². The summed E-state index contributed by atoms with van der Waals surface area (Å²) in [6.45, 7) is 9.11. The van der Waals surface area contributed by atoms with Gasteiger partial charge in [0.05, 0.1) is 16.4 Å². The van der Waals surface area contributed by atoms with Gasteiger partial charge in [-0.05, 0) is 31.5 Å². The van der Waals surface area contributed by atoms with Crippen LogP contribution in [0, 0.1) is 13.8 Å². The van der Waals surface area contributed by atoms with Gasteiger partial charge < -0.3 is 4.90 Å². The molecule has 0 N–H and O–H groups in total. The number of aromatic nitrogens is 3. The first-order chi connectivity index (χ1) is 12.7. The van der Waals surface area contributed by atoms with Gasteiger partial charge in [-0.3, -0.25) is 4.90 Å². The molecule has 1 aliphatic rings. The first-order valence-corrected chi connectivity index (χ1v) is 9.85. The zero-order chi connectivity index (χ0) is 17.9. The second-order valence-corrected chi connectivity index (χ2v) is 7.77. The Morgan fingerprint density at radius 2 is 1.77 bits per heavy atom. The van der Waals surface area contributed by atoms with Crippen LogP contribution in [-0.4, -0.2) is 46.3 Å². The molecule has 26 heavy (non-hydrogen) atoms. The Morgan fingerprint density at radius 3 is 2.42 bits per heavy atom. The van der Waals surface area contributed by atoms with E-state index >= 15 is 0 Å². The average Bonchev–Trinajstić information content (AvgIpc) is 3.08. The Labute approximate surface area is 158 Å². The Hall–Kier alpha value is -2.31. The number of benzene rings is 1. The van der Waals surface area contributed by atoms with E-state index in [4.69, 9.17) is 0 Å². The largest absolute Gasteiger partial charge is 0.353 e. The number of piperazine rings is 1. The lowest BCUT2D eigenvalue weighted by atomic mass is 10.1. The molecule has 134 valence electrons. The monoisotopic (exact) mass is 365 g/mol. The molecule has 1 aromatic carbocycles. The van der Waals surface area contributed by atoms with Gasteiger partial charge in [0.2, 0.25) is 0 Å². The standard InChI is InChI=1S/C20H23N5S/c1-15-5-3-4-6-18(15)19-7-8-20(23-22-19)25-11-9-24(10-12-25)13-17-14-26-16(2)21-17/h3-8,14H,9-13H2,1-2H3. The lowest BCUT2D eigenvalue weighted by molar-refractivity contribution is 0.247. The normalized spacial score (nSPS) is 15.4. The van der Waals surface area contributed by atoms with Crippen LogP contribution < -0.4 is 4.90 Å². The Kier molecular flexibility index (Phi) is 4.95. The summed E-state index contributed by atoms with van der Waals surface area (Å²) < 4.78 is 0. The van der Waals surface area contributed by atoms with Crippen molar-refractivity contribution < 1.29 is 0 Å². The first kappa shape index (κ1) is 17.1. The summed E-state index contributed by atoms with van der Waals surface area (Å²) in [5.74, 6) is 0.964. The van der Waals surface area contributed by atoms with Crippen LogP contribution in [0.1, 0.15) is 16.3 Å². The molecule has 2 aromatic heterocycles. The lowest BCUT2D eigenvalue weighted by Gasteiger charge is -2.34. The molecule has 1 fully saturated rings. The van der Waals surface area contributed by atoms with Crippen molar-refractivity contribution in [3.05, 3.63) is 58.0 Å². The van der Waals surface area contributed by atoms with Crippen molar-refractivity contribution in [2.24, 2.45) is 0 Å². The molecule has 1 aliphatic heterocycles. The number of nitrogens with zero attached hydrogens (tertiary/aromatic N) is 5. The van der Waals surface area contributed by atoms with Gasteiger partial charge in [-0.15, -0.1) is 21.5 Å². The van der Waals surface area contributed by atoms with Crippen LogP contribution in [0.4, 0.5) is 5.82 Å². The lowest BCUT2D eigenvalue weighted by Crippen LogP contribution is -2.46. The summed E-state index contributed by atoms with van der Waals surface area (Å²) in [6, 6.07) is 12.5. The average molecular weight is 366 g/mol. The van der Waals surface area contributed by atoms with Crippen molar-refractivity contribution >= 4 is 17.2 Å². The first-order valence-electron chi connectivity index (χ1n) is 8.97. The fourth-order valence-corrected chi connectivity index (χ4v) is 3.95. The van der Waals surface area contributed by atoms with Crippen molar-refractivity contribution in [1.82, 2.24) is 20.1 Å². The number of rotatable bonds is 4. The van der Waals surface area contributed by atoms with E-state index in [1.807, 2.05) is 12.1 Å². The van der Waals surface area contributed by atoms with Crippen LogP contribution in [0.5, 0.6) is 0 Å². The fourth-order valence-electron chi connectivity index (χ4n) is 3.34. The highest BCUT2D eigenvalue weighted by Gasteiger charge is 2.19. The van der Waals surface area contributed by atoms with Crippen molar-refractivity contribution in [2.45, 2.75) is 20.4 Å². The van der Waals surface area contributed by atoms with E-state index in [0.717, 1.165) is 54.8 Å². The van der Waals surface area contributed by atoms with Crippen molar-refractivity contribution in [1.29, 1.82) is 0 Å². The molecule has 6 heteroatoms. The molecule has 3 aromatic rings. The van der Waals surface area contributed by atoms with Crippen LogP contribution in [0.2, 0.25) is 0 Å². The topological polar surface area (TPSA) is 45.2 Å². The number of aryl methyl sites for hydroxylation is 2. The van der Waals surface area contributed by atoms with Crippen LogP contribution in [0.15, 0.2) is 41.8 Å². The molecule has 1 saturated heterocycles. The van der Waals surface area contributed by atoms with Crippen LogP contribution in [-0.2, 0) is 6.54 Å². The smallest absolute Gasteiger partial charge is 0.151 e. The summed E-state index contributed by atoms with van der Waals surface area (Å²) in [5.41, 5.74) is 4.49. The van der Waals surface area contributed by atoms with E-state index in [9.17, 15) is 0 Å². The van der Waals surface area contributed by atoms with E-state index in [2.05, 4.69) is 68.5 Å². The molecule has 0 amide bonds. The quantitative estimate of drug-likeness (QED) is 0.708. The maximum Gasteiger partial charge on any atom is 0.151 e. The highest BCUT2D eigenvalue weighted by molar-refractivity contribution is 7.09. The predicted molar refractivity (Wildman–Crippen MR) is 107 cm³/mol. The highest BCUT2D eigenvalue weighted by Crippen LogP contribution is 2.22. The van der Waals surface area contributed by atoms with Gasteiger partial charge >= 0.3 is 0 Å². The Bertz CT molecular complexity index is 866. The van der Waals surface area contributed by atoms with Gasteiger partial charge in [0, 0.05) is 43.7 Å². The van der Waals surface area contributed by atoms with Crippen LogP contribution in [0.25, 0.3) is 11.3 Å². The third-order valence-electron chi connectivity index (χ3n) is 4.82.